The Morgan fingerprint density at radius 3 is 2.33 bits per heavy atom. The third-order valence-corrected chi connectivity index (χ3v) is 3.20. The molecule has 0 radical (unpaired) electrons. The Morgan fingerprint density at radius 2 is 1.71 bits per heavy atom. The third-order valence-electron chi connectivity index (χ3n) is 2.97. The minimum absolute atomic E-state index is 0.297. The first-order chi connectivity index (χ1) is 10.0. The lowest BCUT2D eigenvalue weighted by molar-refractivity contribution is 0.0729. The van der Waals surface area contributed by atoms with Crippen LogP contribution in [0.5, 0.6) is 17.2 Å². The van der Waals surface area contributed by atoms with Crippen LogP contribution in [-0.4, -0.2) is 20.2 Å². The second-order valence-corrected chi connectivity index (χ2v) is 4.80. The monoisotopic (exact) mass is 306 g/mol. The van der Waals surface area contributed by atoms with Crippen LogP contribution < -0.4 is 14.2 Å². The van der Waals surface area contributed by atoms with E-state index in [0.29, 0.717) is 27.8 Å². The van der Waals surface area contributed by atoms with Crippen molar-refractivity contribution >= 4 is 17.6 Å². The summed E-state index contributed by atoms with van der Waals surface area (Å²) >= 11 is 5.88. The summed E-state index contributed by atoms with van der Waals surface area (Å²) in [5.74, 6) is 0.911. The molecule has 0 N–H and O–H groups in total. The van der Waals surface area contributed by atoms with Gasteiger partial charge in [-0.3, -0.25) is 0 Å². The molecular weight excluding hydrogens is 292 g/mol. The highest BCUT2D eigenvalue weighted by Gasteiger charge is 2.17. The summed E-state index contributed by atoms with van der Waals surface area (Å²) < 4.78 is 15.7. The maximum Gasteiger partial charge on any atom is 0.347 e. The fraction of sp³-hybridized carbons (Fsp3) is 0.188. The van der Waals surface area contributed by atoms with E-state index in [1.54, 1.807) is 36.4 Å². The van der Waals surface area contributed by atoms with Crippen LogP contribution in [-0.2, 0) is 0 Å². The van der Waals surface area contributed by atoms with Crippen LogP contribution in [0.4, 0.5) is 0 Å². The number of ether oxygens (including phenoxy) is 3. The van der Waals surface area contributed by atoms with Gasteiger partial charge in [0.15, 0.2) is 0 Å². The predicted octanol–water partition coefficient (Wildman–Crippen LogP) is 3.88. The summed E-state index contributed by atoms with van der Waals surface area (Å²) in [6.45, 7) is 1.82. The standard InChI is InChI=1S/C16H15ClO4/c1-10-8-11(17)4-6-14(10)21-16(18)13-9-12(19-2)5-7-15(13)20-3/h4-9H,1-3H3. The number of hydrogen-bond acceptors (Lipinski definition) is 4. The molecule has 2 aromatic carbocycles. The van der Waals surface area contributed by atoms with Gasteiger partial charge >= 0.3 is 5.97 Å². The van der Waals surface area contributed by atoms with Crippen LogP contribution in [0.2, 0.25) is 5.02 Å². The van der Waals surface area contributed by atoms with E-state index in [4.69, 9.17) is 25.8 Å². The summed E-state index contributed by atoms with van der Waals surface area (Å²) in [6.07, 6.45) is 0. The van der Waals surface area contributed by atoms with Crippen LogP contribution >= 0.6 is 11.6 Å². The van der Waals surface area contributed by atoms with E-state index in [2.05, 4.69) is 0 Å². The fourth-order valence-electron chi connectivity index (χ4n) is 1.86. The Balaban J connectivity index is 2.31. The van der Waals surface area contributed by atoms with Gasteiger partial charge in [0.05, 0.1) is 14.2 Å². The van der Waals surface area contributed by atoms with Crippen molar-refractivity contribution in [2.75, 3.05) is 14.2 Å². The van der Waals surface area contributed by atoms with E-state index in [9.17, 15) is 4.79 Å². The number of hydrogen-bond donors (Lipinski definition) is 0. The summed E-state index contributed by atoms with van der Waals surface area (Å²) in [7, 11) is 3.02. The number of carbonyl (C=O) groups excluding carboxylic acids is 1. The van der Waals surface area contributed by atoms with Gasteiger partial charge in [-0.05, 0) is 48.9 Å². The molecule has 0 saturated heterocycles. The lowest BCUT2D eigenvalue weighted by Gasteiger charge is -2.11. The minimum atomic E-state index is -0.517. The maximum atomic E-state index is 12.3. The van der Waals surface area contributed by atoms with E-state index < -0.39 is 5.97 Å². The molecule has 21 heavy (non-hydrogen) atoms. The average Bonchev–Trinajstić information content (AvgIpc) is 2.49. The van der Waals surface area contributed by atoms with Crippen LogP contribution in [0.15, 0.2) is 36.4 Å². The SMILES string of the molecule is COc1ccc(OC)c(C(=O)Oc2ccc(Cl)cc2C)c1. The highest BCUT2D eigenvalue weighted by atomic mass is 35.5. The van der Waals surface area contributed by atoms with Gasteiger partial charge in [-0.25, -0.2) is 4.79 Å². The maximum absolute atomic E-state index is 12.3. The van der Waals surface area contributed by atoms with Crippen molar-refractivity contribution in [3.8, 4) is 17.2 Å². The van der Waals surface area contributed by atoms with Crippen LogP contribution in [0.25, 0.3) is 0 Å². The van der Waals surface area contributed by atoms with Gasteiger partial charge in [0.1, 0.15) is 22.8 Å². The van der Waals surface area contributed by atoms with Crippen molar-refractivity contribution < 1.29 is 19.0 Å². The number of benzene rings is 2. The molecule has 0 atom stereocenters. The number of esters is 1. The normalized spacial score (nSPS) is 10.1. The smallest absolute Gasteiger partial charge is 0.347 e. The molecule has 0 heterocycles. The van der Waals surface area contributed by atoms with Crippen LogP contribution in [0, 0.1) is 6.92 Å². The van der Waals surface area contributed by atoms with E-state index in [1.807, 2.05) is 6.92 Å². The molecule has 0 spiro atoms. The largest absolute Gasteiger partial charge is 0.497 e. The molecule has 2 aromatic rings. The zero-order valence-electron chi connectivity index (χ0n) is 12.0. The van der Waals surface area contributed by atoms with Gasteiger partial charge in [0.25, 0.3) is 0 Å². The molecule has 0 aromatic heterocycles. The number of carbonyl (C=O) groups is 1. The van der Waals surface area contributed by atoms with Crippen molar-refractivity contribution in [2.24, 2.45) is 0 Å². The Labute approximate surface area is 128 Å². The zero-order chi connectivity index (χ0) is 15.4. The van der Waals surface area contributed by atoms with Crippen LogP contribution in [0.1, 0.15) is 15.9 Å². The molecule has 0 aliphatic carbocycles. The summed E-state index contributed by atoms with van der Waals surface area (Å²) in [6, 6.07) is 9.99. The van der Waals surface area contributed by atoms with E-state index >= 15 is 0 Å². The van der Waals surface area contributed by atoms with Crippen molar-refractivity contribution in [3.05, 3.63) is 52.5 Å². The number of aryl methyl sites for hydroxylation is 1. The fourth-order valence-corrected chi connectivity index (χ4v) is 2.08. The zero-order valence-corrected chi connectivity index (χ0v) is 12.7. The second-order valence-electron chi connectivity index (χ2n) is 4.37. The summed E-state index contributed by atoms with van der Waals surface area (Å²) in [4.78, 5) is 12.3. The number of halogens is 1. The molecule has 4 nitrogen and oxygen atoms in total. The Morgan fingerprint density at radius 1 is 1.00 bits per heavy atom. The second kappa shape index (κ2) is 6.50. The molecule has 110 valence electrons. The molecule has 0 aliphatic rings. The lowest BCUT2D eigenvalue weighted by Crippen LogP contribution is -2.11. The van der Waals surface area contributed by atoms with Crippen LogP contribution in [0.3, 0.4) is 0 Å². The van der Waals surface area contributed by atoms with Gasteiger partial charge in [-0.15, -0.1) is 0 Å². The summed E-state index contributed by atoms with van der Waals surface area (Å²) in [5.41, 5.74) is 1.07. The molecule has 2 rings (SSSR count). The van der Waals surface area contributed by atoms with Gasteiger partial charge in [-0.2, -0.15) is 0 Å². The van der Waals surface area contributed by atoms with Crippen molar-refractivity contribution in [2.45, 2.75) is 6.92 Å². The van der Waals surface area contributed by atoms with E-state index in [-0.39, 0.29) is 0 Å². The Hall–Kier alpha value is -2.20. The minimum Gasteiger partial charge on any atom is -0.497 e. The molecule has 0 saturated carbocycles. The van der Waals surface area contributed by atoms with E-state index in [0.717, 1.165) is 5.56 Å². The number of rotatable bonds is 4. The molecule has 0 aliphatic heterocycles. The van der Waals surface area contributed by atoms with Crippen molar-refractivity contribution in [3.63, 3.8) is 0 Å². The quantitative estimate of drug-likeness (QED) is 0.635. The predicted molar refractivity (Wildman–Crippen MR) is 80.7 cm³/mol. The molecule has 0 bridgehead atoms. The van der Waals surface area contributed by atoms with Crippen molar-refractivity contribution in [1.29, 1.82) is 0 Å². The molecule has 0 amide bonds. The Kier molecular flexibility index (Phi) is 4.70. The Bertz CT molecular complexity index is 667. The lowest BCUT2D eigenvalue weighted by atomic mass is 10.2. The van der Waals surface area contributed by atoms with Gasteiger partial charge in [-0.1, -0.05) is 11.6 Å². The first kappa shape index (κ1) is 15.2. The van der Waals surface area contributed by atoms with Gasteiger partial charge in [0, 0.05) is 5.02 Å². The molecular formula is C16H15ClO4. The third kappa shape index (κ3) is 3.47. The highest BCUT2D eigenvalue weighted by Crippen LogP contribution is 2.27. The van der Waals surface area contributed by atoms with Gasteiger partial charge in [0.2, 0.25) is 0 Å². The first-order valence-electron chi connectivity index (χ1n) is 6.25. The molecule has 0 unspecified atom stereocenters. The topological polar surface area (TPSA) is 44.8 Å². The van der Waals surface area contributed by atoms with Crippen molar-refractivity contribution in [1.82, 2.24) is 0 Å². The highest BCUT2D eigenvalue weighted by molar-refractivity contribution is 6.30. The van der Waals surface area contributed by atoms with Gasteiger partial charge < -0.3 is 14.2 Å². The van der Waals surface area contributed by atoms with E-state index in [1.165, 1.54) is 14.2 Å². The molecule has 5 heteroatoms. The first-order valence-corrected chi connectivity index (χ1v) is 6.63. The summed E-state index contributed by atoms with van der Waals surface area (Å²) in [5, 5.41) is 0.589. The molecule has 0 fully saturated rings. The number of methoxy groups -OCH3 is 2. The average molecular weight is 307 g/mol.